The summed E-state index contributed by atoms with van der Waals surface area (Å²) in [4.78, 5) is 7.43. The maximum Gasteiger partial charge on any atom is 0.191 e. The van der Waals surface area contributed by atoms with Crippen molar-refractivity contribution in [3.63, 3.8) is 0 Å². The first-order chi connectivity index (χ1) is 12.2. The van der Waals surface area contributed by atoms with Gasteiger partial charge < -0.3 is 15.6 Å². The third-order valence-electron chi connectivity index (χ3n) is 4.35. The molecule has 3 N–H and O–H groups in total. The van der Waals surface area contributed by atoms with Crippen molar-refractivity contribution >= 4 is 40.8 Å². The second-order valence-corrected chi connectivity index (χ2v) is 6.03. The molecule has 0 saturated carbocycles. The van der Waals surface area contributed by atoms with E-state index in [4.69, 9.17) is 0 Å². The molecule has 138 valence electrons. The van der Waals surface area contributed by atoms with Gasteiger partial charge in [-0.05, 0) is 48.2 Å². The molecule has 4 nitrogen and oxygen atoms in total. The number of guanidine groups is 1. The minimum absolute atomic E-state index is 0. The van der Waals surface area contributed by atoms with Crippen LogP contribution in [0.4, 0.5) is 4.39 Å². The summed E-state index contributed by atoms with van der Waals surface area (Å²) in [5.74, 6) is 0.547. The van der Waals surface area contributed by atoms with Gasteiger partial charge in [0.1, 0.15) is 5.82 Å². The highest BCUT2D eigenvalue weighted by molar-refractivity contribution is 14.0. The highest BCUT2D eigenvalue weighted by Gasteiger charge is 2.06. The Kier molecular flexibility index (Phi) is 7.44. The van der Waals surface area contributed by atoms with E-state index in [0.29, 0.717) is 0 Å². The molecule has 0 aliphatic heterocycles. The Hall–Kier alpha value is -2.09. The third kappa shape index (κ3) is 4.97. The molecule has 1 aromatic heterocycles. The molecule has 0 fully saturated rings. The Labute approximate surface area is 170 Å². The van der Waals surface area contributed by atoms with Crippen molar-refractivity contribution < 1.29 is 4.39 Å². The Morgan fingerprint density at radius 3 is 2.69 bits per heavy atom. The lowest BCUT2D eigenvalue weighted by molar-refractivity contribution is 0.629. The number of aliphatic imine (C=N–C) groups is 1. The highest BCUT2D eigenvalue weighted by atomic mass is 127. The maximum absolute atomic E-state index is 13.4. The zero-order chi connectivity index (χ0) is 17.6. The summed E-state index contributed by atoms with van der Waals surface area (Å²) in [6.07, 6.45) is 2.73. The van der Waals surface area contributed by atoms with Crippen molar-refractivity contribution in [3.05, 3.63) is 71.2 Å². The molecule has 0 radical (unpaired) electrons. The number of hydrogen-bond donors (Lipinski definition) is 3. The molecule has 0 aliphatic rings. The van der Waals surface area contributed by atoms with Crippen LogP contribution in [0.15, 0.2) is 53.7 Å². The van der Waals surface area contributed by atoms with Gasteiger partial charge >= 0.3 is 0 Å². The Morgan fingerprint density at radius 1 is 1.12 bits per heavy atom. The SMILES string of the molecule is CN=C(NCCc1c[nH]c2ccc(F)cc12)NCc1ccccc1C.I. The van der Waals surface area contributed by atoms with Crippen molar-refractivity contribution in [2.45, 2.75) is 19.9 Å². The second kappa shape index (κ2) is 9.56. The number of rotatable bonds is 5. The number of nitrogens with zero attached hydrogens (tertiary/aromatic N) is 1. The highest BCUT2D eigenvalue weighted by Crippen LogP contribution is 2.19. The van der Waals surface area contributed by atoms with Gasteiger partial charge in [-0.1, -0.05) is 24.3 Å². The number of benzene rings is 2. The maximum atomic E-state index is 13.4. The fourth-order valence-corrected chi connectivity index (χ4v) is 2.88. The van der Waals surface area contributed by atoms with Crippen LogP contribution in [0.5, 0.6) is 0 Å². The van der Waals surface area contributed by atoms with Gasteiger partial charge in [0.25, 0.3) is 0 Å². The van der Waals surface area contributed by atoms with Gasteiger partial charge in [0, 0.05) is 37.2 Å². The Morgan fingerprint density at radius 2 is 1.92 bits per heavy atom. The van der Waals surface area contributed by atoms with E-state index in [-0.39, 0.29) is 29.8 Å². The predicted octanol–water partition coefficient (Wildman–Crippen LogP) is 4.14. The van der Waals surface area contributed by atoms with Gasteiger partial charge in [-0.3, -0.25) is 4.99 Å². The number of nitrogens with one attached hydrogen (secondary N) is 3. The van der Waals surface area contributed by atoms with E-state index < -0.39 is 0 Å². The predicted molar refractivity (Wildman–Crippen MR) is 117 cm³/mol. The van der Waals surface area contributed by atoms with Gasteiger partial charge in [-0.25, -0.2) is 4.39 Å². The van der Waals surface area contributed by atoms with Crippen molar-refractivity contribution in [2.75, 3.05) is 13.6 Å². The first kappa shape index (κ1) is 20.2. The van der Waals surface area contributed by atoms with Crippen molar-refractivity contribution in [1.29, 1.82) is 0 Å². The number of halogens is 2. The minimum Gasteiger partial charge on any atom is -0.361 e. The van der Waals surface area contributed by atoms with Crippen LogP contribution in [0.25, 0.3) is 10.9 Å². The molecule has 26 heavy (non-hydrogen) atoms. The van der Waals surface area contributed by atoms with E-state index >= 15 is 0 Å². The van der Waals surface area contributed by atoms with E-state index in [1.807, 2.05) is 18.3 Å². The van der Waals surface area contributed by atoms with Crippen molar-refractivity contribution in [1.82, 2.24) is 15.6 Å². The number of aromatic nitrogens is 1. The molecule has 2 aromatic carbocycles. The van der Waals surface area contributed by atoms with E-state index in [1.54, 1.807) is 19.2 Å². The summed E-state index contributed by atoms with van der Waals surface area (Å²) in [5, 5.41) is 7.57. The van der Waals surface area contributed by atoms with Crippen LogP contribution in [-0.4, -0.2) is 24.5 Å². The second-order valence-electron chi connectivity index (χ2n) is 6.03. The molecule has 0 saturated heterocycles. The van der Waals surface area contributed by atoms with E-state index in [1.165, 1.54) is 17.2 Å². The fraction of sp³-hybridized carbons (Fsp3) is 0.250. The van der Waals surface area contributed by atoms with Crippen LogP contribution in [0.3, 0.4) is 0 Å². The first-order valence-corrected chi connectivity index (χ1v) is 8.42. The summed E-state index contributed by atoms with van der Waals surface area (Å²) in [5.41, 5.74) is 4.55. The van der Waals surface area contributed by atoms with Crippen LogP contribution in [0, 0.1) is 12.7 Å². The average molecular weight is 466 g/mol. The lowest BCUT2D eigenvalue weighted by Crippen LogP contribution is -2.37. The number of H-pyrrole nitrogens is 1. The molecule has 1 heterocycles. The van der Waals surface area contributed by atoms with Crippen LogP contribution in [-0.2, 0) is 13.0 Å². The summed E-state index contributed by atoms with van der Waals surface area (Å²) >= 11 is 0. The molecular weight excluding hydrogens is 442 g/mol. The summed E-state index contributed by atoms with van der Waals surface area (Å²) < 4.78 is 13.4. The zero-order valence-corrected chi connectivity index (χ0v) is 17.3. The number of aromatic amines is 1. The van der Waals surface area contributed by atoms with Gasteiger partial charge in [0.15, 0.2) is 5.96 Å². The number of aryl methyl sites for hydroxylation is 1. The Bertz CT molecular complexity index is 888. The molecule has 6 heteroatoms. The van der Waals surface area contributed by atoms with E-state index in [9.17, 15) is 4.39 Å². The van der Waals surface area contributed by atoms with Gasteiger partial charge in [0.05, 0.1) is 0 Å². The van der Waals surface area contributed by atoms with Gasteiger partial charge in [0.2, 0.25) is 0 Å². The summed E-state index contributed by atoms with van der Waals surface area (Å²) in [6.45, 7) is 3.55. The molecule has 3 rings (SSSR count). The average Bonchev–Trinajstić information content (AvgIpc) is 3.01. The van der Waals surface area contributed by atoms with Crippen molar-refractivity contribution in [2.24, 2.45) is 4.99 Å². The first-order valence-electron chi connectivity index (χ1n) is 8.42. The number of hydrogen-bond acceptors (Lipinski definition) is 1. The lowest BCUT2D eigenvalue weighted by atomic mass is 10.1. The van der Waals surface area contributed by atoms with Gasteiger partial charge in [-0.2, -0.15) is 0 Å². The molecule has 0 unspecified atom stereocenters. The minimum atomic E-state index is -0.211. The molecule has 0 amide bonds. The smallest absolute Gasteiger partial charge is 0.191 e. The summed E-state index contributed by atoms with van der Waals surface area (Å²) in [6, 6.07) is 13.1. The molecule has 3 aromatic rings. The normalized spacial score (nSPS) is 11.3. The molecule has 0 bridgehead atoms. The largest absolute Gasteiger partial charge is 0.361 e. The Balaban J connectivity index is 0.00000243. The van der Waals surface area contributed by atoms with Crippen LogP contribution in [0.2, 0.25) is 0 Å². The van der Waals surface area contributed by atoms with Crippen LogP contribution in [0.1, 0.15) is 16.7 Å². The molecule has 0 spiro atoms. The molecule has 0 atom stereocenters. The third-order valence-corrected chi connectivity index (χ3v) is 4.35. The summed E-state index contributed by atoms with van der Waals surface area (Å²) in [7, 11) is 1.76. The van der Waals surface area contributed by atoms with E-state index in [2.05, 4.69) is 39.7 Å². The van der Waals surface area contributed by atoms with Gasteiger partial charge in [-0.15, -0.1) is 24.0 Å². The topological polar surface area (TPSA) is 52.2 Å². The van der Waals surface area contributed by atoms with E-state index in [0.717, 1.165) is 41.9 Å². The van der Waals surface area contributed by atoms with Crippen LogP contribution >= 0.6 is 24.0 Å². The molecule has 0 aliphatic carbocycles. The quantitative estimate of drug-likeness (QED) is 0.301. The number of fused-ring (bicyclic) bond motifs is 1. The standard InChI is InChI=1S/C20H23FN4.HI/c1-14-5-3-4-6-15(14)12-25-20(22-2)23-10-9-16-13-24-19-8-7-17(21)11-18(16)19;/h3-8,11,13,24H,9-10,12H2,1-2H3,(H2,22,23,25);1H. The molecular formula is C20H24FIN4. The van der Waals surface area contributed by atoms with Crippen molar-refractivity contribution in [3.8, 4) is 0 Å². The fourth-order valence-electron chi connectivity index (χ4n) is 2.88. The lowest BCUT2D eigenvalue weighted by Gasteiger charge is -2.13. The van der Waals surface area contributed by atoms with Crippen LogP contribution < -0.4 is 10.6 Å². The zero-order valence-electron chi connectivity index (χ0n) is 15.0. The monoisotopic (exact) mass is 466 g/mol.